The second kappa shape index (κ2) is 13.3. The van der Waals surface area contributed by atoms with Gasteiger partial charge in [-0.05, 0) is 56.8 Å². The van der Waals surface area contributed by atoms with Crippen molar-refractivity contribution < 1.29 is 7.65 Å². The molecule has 3 rings (SSSR count). The number of allylic oxidation sites excluding steroid dienone is 1. The lowest BCUT2D eigenvalue weighted by atomic mass is 10.2. The van der Waals surface area contributed by atoms with Gasteiger partial charge in [0.25, 0.3) is 5.56 Å². The number of thiazole rings is 1. The summed E-state index contributed by atoms with van der Waals surface area (Å²) in [6.07, 6.45) is 7.36. The van der Waals surface area contributed by atoms with Crippen LogP contribution in [0.5, 0.6) is 0 Å². The highest BCUT2D eigenvalue weighted by Crippen LogP contribution is 2.15. The molecule has 0 unspecified atom stereocenters. The molecule has 1 heterocycles. The van der Waals surface area contributed by atoms with Gasteiger partial charge < -0.3 is 10.6 Å². The zero-order chi connectivity index (χ0) is 23.6. The fourth-order valence-electron chi connectivity index (χ4n) is 3.43. The first-order chi connectivity index (χ1) is 16.0. The molecule has 0 spiro atoms. The van der Waals surface area contributed by atoms with Crippen molar-refractivity contribution in [2.24, 2.45) is 0 Å². The molecule has 6 nitrogen and oxygen atoms in total. The number of anilines is 2. The van der Waals surface area contributed by atoms with Crippen LogP contribution in [0.1, 0.15) is 29.7 Å². The number of hydrogen-bond donors (Lipinski definition) is 2. The van der Waals surface area contributed by atoms with E-state index in [4.69, 9.17) is 0 Å². The maximum absolute atomic E-state index is 12.4. The Labute approximate surface area is 208 Å². The Balaban J connectivity index is 0.00000408. The van der Waals surface area contributed by atoms with Gasteiger partial charge >= 0.3 is 0 Å². The molecule has 0 atom stereocenters. The Morgan fingerprint density at radius 1 is 1.15 bits per heavy atom. The van der Waals surface area contributed by atoms with E-state index in [9.17, 15) is 9.59 Å². The number of benzene rings is 2. The third kappa shape index (κ3) is 7.57. The highest BCUT2D eigenvalue weighted by atomic mass is 32.1. The van der Waals surface area contributed by atoms with Crippen molar-refractivity contribution in [2.45, 2.75) is 34.4 Å². The number of carbonyl (C=O) groups is 1. The van der Waals surface area contributed by atoms with Gasteiger partial charge in [0.1, 0.15) is 0 Å². The summed E-state index contributed by atoms with van der Waals surface area (Å²) in [6.45, 7) is 5.57. The lowest BCUT2D eigenvalue weighted by Gasteiger charge is -2.16. The van der Waals surface area contributed by atoms with Crippen LogP contribution in [0.4, 0.5) is 11.4 Å². The molecule has 3 aromatic rings. The highest BCUT2D eigenvalue weighted by molar-refractivity contribution is 7.07. The van der Waals surface area contributed by atoms with Gasteiger partial charge in [0.15, 0.2) is 0 Å². The normalized spacial score (nSPS) is 12.2. The molecule has 0 saturated heterocycles. The Hall–Kier alpha value is -3.42. The van der Waals surface area contributed by atoms with Crippen molar-refractivity contribution in [1.82, 2.24) is 9.47 Å². The lowest BCUT2D eigenvalue weighted by Crippen LogP contribution is -2.30. The Morgan fingerprint density at radius 2 is 1.88 bits per heavy atom. The van der Waals surface area contributed by atoms with Gasteiger partial charge in [0.05, 0.1) is 15.7 Å². The van der Waals surface area contributed by atoms with Crippen LogP contribution in [0.2, 0.25) is 0 Å². The van der Waals surface area contributed by atoms with Crippen LogP contribution in [0.3, 0.4) is 0 Å². The van der Waals surface area contributed by atoms with Crippen LogP contribution < -0.4 is 25.4 Å². The summed E-state index contributed by atoms with van der Waals surface area (Å²) >= 11 is 1.48. The SMILES string of the molecule is C.CC=c1s/c(=C/C=CNc2cccc(NC(=O)CN(C)Cc3ccccc3)c2)c(=O)n1CC.[HH].[HH]. The summed E-state index contributed by atoms with van der Waals surface area (Å²) in [6, 6.07) is 17.6. The zero-order valence-electron chi connectivity index (χ0n) is 19.2. The van der Waals surface area contributed by atoms with Gasteiger partial charge in [-0.2, -0.15) is 0 Å². The molecule has 7 heteroatoms. The van der Waals surface area contributed by atoms with Crippen molar-refractivity contribution in [3.8, 4) is 0 Å². The summed E-state index contributed by atoms with van der Waals surface area (Å²) in [7, 11) is 1.93. The topological polar surface area (TPSA) is 66.4 Å². The summed E-state index contributed by atoms with van der Waals surface area (Å²) in [5, 5.41) is 6.13. The van der Waals surface area contributed by atoms with Gasteiger partial charge in [0.2, 0.25) is 5.91 Å². The zero-order valence-corrected chi connectivity index (χ0v) is 20.1. The number of amides is 1. The van der Waals surface area contributed by atoms with Crippen LogP contribution in [0.25, 0.3) is 12.2 Å². The predicted octanol–water partition coefficient (Wildman–Crippen LogP) is 4.34. The second-order valence-corrected chi connectivity index (χ2v) is 8.66. The smallest absolute Gasteiger partial charge is 0.269 e. The summed E-state index contributed by atoms with van der Waals surface area (Å²) in [5.74, 6) is -0.0668. The summed E-state index contributed by atoms with van der Waals surface area (Å²) in [4.78, 5) is 26.8. The quantitative estimate of drug-likeness (QED) is 0.476. The van der Waals surface area contributed by atoms with Gasteiger partial charge in [0, 0.05) is 33.5 Å². The number of nitrogens with zero attached hydrogens (tertiary/aromatic N) is 2. The molecule has 1 aromatic heterocycles. The second-order valence-electron chi connectivity index (χ2n) is 7.60. The van der Waals surface area contributed by atoms with E-state index >= 15 is 0 Å². The van der Waals surface area contributed by atoms with Gasteiger partial charge in [-0.1, -0.05) is 49.9 Å². The minimum Gasteiger partial charge on any atom is -0.362 e. The minimum atomic E-state index is -0.0668. The average Bonchev–Trinajstić information content (AvgIpc) is 3.12. The average molecular weight is 483 g/mol. The van der Waals surface area contributed by atoms with E-state index in [2.05, 4.69) is 10.6 Å². The molecular formula is C27H38N4O2S. The van der Waals surface area contributed by atoms with Gasteiger partial charge in [-0.3, -0.25) is 19.1 Å². The first-order valence-electron chi connectivity index (χ1n) is 10.9. The molecule has 0 aliphatic carbocycles. The van der Waals surface area contributed by atoms with Crippen molar-refractivity contribution in [2.75, 3.05) is 24.2 Å². The number of nitrogens with one attached hydrogen (secondary N) is 2. The highest BCUT2D eigenvalue weighted by Gasteiger charge is 2.08. The molecule has 0 radical (unpaired) electrons. The molecule has 184 valence electrons. The van der Waals surface area contributed by atoms with Crippen LogP contribution >= 0.6 is 11.3 Å². The molecule has 2 N–H and O–H groups in total. The Kier molecular flexibility index (Phi) is 10.5. The third-order valence-corrected chi connectivity index (χ3v) is 6.14. The van der Waals surface area contributed by atoms with E-state index in [1.54, 1.807) is 10.8 Å². The van der Waals surface area contributed by atoms with Crippen LogP contribution in [-0.4, -0.2) is 29.0 Å². The third-order valence-electron chi connectivity index (χ3n) is 4.95. The lowest BCUT2D eigenvalue weighted by molar-refractivity contribution is -0.117. The van der Waals surface area contributed by atoms with E-state index in [1.165, 1.54) is 16.9 Å². The number of likely N-dealkylation sites (N-methyl/N-ethyl adjacent to an activating group) is 1. The van der Waals surface area contributed by atoms with E-state index in [0.717, 1.165) is 16.0 Å². The molecule has 34 heavy (non-hydrogen) atoms. The fraction of sp³-hybridized carbons (Fsp3) is 0.259. The number of aromatic nitrogens is 1. The monoisotopic (exact) mass is 482 g/mol. The largest absolute Gasteiger partial charge is 0.362 e. The standard InChI is InChI=1S/C26H30N4O2S.CH4.2H2/c1-4-25-30(5-2)26(32)23(33-25)15-10-16-27-21-13-9-14-22(17-21)28-24(31)19-29(3)18-20-11-7-6-8-12-20;;;/h4,6-17,27H,5,18-19H2,1-3H3,(H,28,31);1H4;2*1H/b16-10?,23-15+,25-4?;;;. The molecule has 0 aliphatic heterocycles. The van der Waals surface area contributed by atoms with Crippen molar-refractivity contribution in [3.05, 3.63) is 92.0 Å². The Bertz CT molecular complexity index is 1290. The van der Waals surface area contributed by atoms with E-state index in [0.29, 0.717) is 24.2 Å². The number of carbonyl (C=O) groups excluding carboxylic acids is 1. The molecule has 0 bridgehead atoms. The molecular weight excluding hydrogens is 444 g/mol. The fourth-order valence-corrected chi connectivity index (χ4v) is 4.44. The molecule has 0 aliphatic rings. The van der Waals surface area contributed by atoms with E-state index < -0.39 is 0 Å². The van der Waals surface area contributed by atoms with Crippen molar-refractivity contribution >= 4 is 40.8 Å². The van der Waals surface area contributed by atoms with Crippen molar-refractivity contribution in [1.29, 1.82) is 0 Å². The molecule has 2 aromatic carbocycles. The number of rotatable bonds is 9. The molecule has 0 saturated carbocycles. The first kappa shape index (κ1) is 26.8. The summed E-state index contributed by atoms with van der Waals surface area (Å²) in [5.41, 5.74) is 2.77. The van der Waals surface area contributed by atoms with E-state index in [-0.39, 0.29) is 21.7 Å². The number of hydrogen-bond acceptors (Lipinski definition) is 5. The van der Waals surface area contributed by atoms with Crippen LogP contribution in [0.15, 0.2) is 71.7 Å². The first-order valence-corrected chi connectivity index (χ1v) is 11.7. The maximum Gasteiger partial charge on any atom is 0.269 e. The minimum absolute atomic E-state index is 0. The molecule has 0 fully saturated rings. The molecule has 1 amide bonds. The van der Waals surface area contributed by atoms with Crippen LogP contribution in [-0.2, 0) is 17.9 Å². The van der Waals surface area contributed by atoms with Gasteiger partial charge in [-0.15, -0.1) is 11.3 Å². The summed E-state index contributed by atoms with van der Waals surface area (Å²) < 4.78 is 3.43. The van der Waals surface area contributed by atoms with Crippen LogP contribution in [0, 0.1) is 0 Å². The maximum atomic E-state index is 12.4. The van der Waals surface area contributed by atoms with Crippen molar-refractivity contribution in [3.63, 3.8) is 0 Å². The predicted molar refractivity (Wildman–Crippen MR) is 150 cm³/mol. The van der Waals surface area contributed by atoms with E-state index in [1.807, 2.05) is 98.6 Å². The van der Waals surface area contributed by atoms with Gasteiger partial charge in [-0.25, -0.2) is 0 Å². The Morgan fingerprint density at radius 3 is 2.56 bits per heavy atom.